The van der Waals surface area contributed by atoms with Gasteiger partial charge in [0, 0.05) is 11.8 Å². The minimum atomic E-state index is -1.46. The normalized spacial score (nSPS) is 11.9. The fourth-order valence-corrected chi connectivity index (χ4v) is 2.40. The average Bonchev–Trinajstić information content (AvgIpc) is 2.39. The van der Waals surface area contributed by atoms with Gasteiger partial charge in [0.2, 0.25) is 0 Å². The standard InChI is InChI=1S/C12H15FN2O4S/c1-3-7(6-20-2)14-10-4-8(12(16)17)11(15(18)19)5-9(10)13/h4-5,7,14H,3,6H2,1-2H3,(H,16,17). The van der Waals surface area contributed by atoms with Gasteiger partial charge in [-0.25, -0.2) is 9.18 Å². The third kappa shape index (κ3) is 3.83. The number of thioether (sulfide) groups is 1. The summed E-state index contributed by atoms with van der Waals surface area (Å²) in [6.45, 7) is 1.91. The summed E-state index contributed by atoms with van der Waals surface area (Å²) in [6, 6.07) is 1.57. The molecule has 0 heterocycles. The van der Waals surface area contributed by atoms with Crippen molar-refractivity contribution in [3.8, 4) is 0 Å². The highest BCUT2D eigenvalue weighted by Gasteiger charge is 2.23. The monoisotopic (exact) mass is 302 g/mol. The van der Waals surface area contributed by atoms with Crippen molar-refractivity contribution in [2.24, 2.45) is 0 Å². The summed E-state index contributed by atoms with van der Waals surface area (Å²) in [4.78, 5) is 20.8. The van der Waals surface area contributed by atoms with E-state index in [1.54, 1.807) is 11.8 Å². The van der Waals surface area contributed by atoms with Crippen LogP contribution in [0, 0.1) is 15.9 Å². The summed E-state index contributed by atoms with van der Waals surface area (Å²) in [5, 5.41) is 22.6. The quantitative estimate of drug-likeness (QED) is 0.594. The molecule has 0 aliphatic heterocycles. The Morgan fingerprint density at radius 3 is 2.70 bits per heavy atom. The maximum atomic E-state index is 13.8. The third-order valence-corrected chi connectivity index (χ3v) is 3.47. The summed E-state index contributed by atoms with van der Waals surface area (Å²) in [7, 11) is 0. The molecule has 1 aromatic rings. The number of rotatable bonds is 7. The molecule has 0 saturated heterocycles. The van der Waals surface area contributed by atoms with Gasteiger partial charge < -0.3 is 10.4 Å². The molecule has 0 spiro atoms. The van der Waals surface area contributed by atoms with Crippen molar-refractivity contribution in [1.29, 1.82) is 0 Å². The predicted octanol–water partition coefficient (Wildman–Crippen LogP) is 2.99. The topological polar surface area (TPSA) is 92.5 Å². The minimum Gasteiger partial charge on any atom is -0.477 e. The molecule has 1 atom stereocenters. The summed E-state index contributed by atoms with van der Waals surface area (Å²) >= 11 is 1.57. The lowest BCUT2D eigenvalue weighted by atomic mass is 10.1. The first-order valence-corrected chi connectivity index (χ1v) is 7.26. The lowest BCUT2D eigenvalue weighted by Crippen LogP contribution is -2.22. The summed E-state index contributed by atoms with van der Waals surface area (Å²) in [6.07, 6.45) is 2.62. The molecule has 110 valence electrons. The van der Waals surface area contributed by atoms with Gasteiger partial charge in [0.05, 0.1) is 16.7 Å². The second-order valence-corrected chi connectivity index (χ2v) is 5.03. The molecule has 0 amide bonds. The SMILES string of the molecule is CCC(CSC)Nc1cc(C(=O)O)c([N+](=O)[O-])cc1F. The number of nitro benzene ring substituents is 1. The first kappa shape index (κ1) is 16.2. The Hall–Kier alpha value is -1.83. The lowest BCUT2D eigenvalue weighted by Gasteiger charge is -2.18. The van der Waals surface area contributed by atoms with Gasteiger partial charge >= 0.3 is 5.97 Å². The van der Waals surface area contributed by atoms with E-state index in [9.17, 15) is 19.3 Å². The third-order valence-electron chi connectivity index (χ3n) is 2.73. The van der Waals surface area contributed by atoms with E-state index in [-0.39, 0.29) is 11.7 Å². The second kappa shape index (κ2) is 7.09. The first-order valence-electron chi connectivity index (χ1n) is 5.87. The van der Waals surface area contributed by atoms with Gasteiger partial charge in [0.15, 0.2) is 5.82 Å². The maximum absolute atomic E-state index is 13.8. The Morgan fingerprint density at radius 1 is 1.60 bits per heavy atom. The minimum absolute atomic E-state index is 0.0334. The van der Waals surface area contributed by atoms with Crippen LogP contribution in [-0.4, -0.2) is 34.0 Å². The number of hydrogen-bond acceptors (Lipinski definition) is 5. The van der Waals surface area contributed by atoms with Crippen molar-refractivity contribution in [2.75, 3.05) is 17.3 Å². The average molecular weight is 302 g/mol. The summed E-state index contributed by atoms with van der Waals surface area (Å²) in [5.74, 6) is -1.58. The van der Waals surface area contributed by atoms with Gasteiger partial charge in [-0.3, -0.25) is 10.1 Å². The molecule has 0 radical (unpaired) electrons. The molecular weight excluding hydrogens is 287 g/mol. The number of nitrogens with one attached hydrogen (secondary N) is 1. The molecule has 0 aliphatic rings. The van der Waals surface area contributed by atoms with Crippen LogP contribution in [0.2, 0.25) is 0 Å². The summed E-state index contributed by atoms with van der Waals surface area (Å²) in [5.41, 5.74) is -1.31. The van der Waals surface area contributed by atoms with Gasteiger partial charge in [-0.15, -0.1) is 0 Å². The van der Waals surface area contributed by atoms with Crippen LogP contribution in [-0.2, 0) is 0 Å². The van der Waals surface area contributed by atoms with Crippen LogP contribution in [0.1, 0.15) is 23.7 Å². The van der Waals surface area contributed by atoms with Crippen molar-refractivity contribution in [3.63, 3.8) is 0 Å². The van der Waals surface area contributed by atoms with Crippen LogP contribution in [0.5, 0.6) is 0 Å². The molecule has 1 unspecified atom stereocenters. The smallest absolute Gasteiger partial charge is 0.342 e. The Kier molecular flexibility index (Phi) is 5.75. The maximum Gasteiger partial charge on any atom is 0.342 e. The molecule has 0 fully saturated rings. The molecule has 0 bridgehead atoms. The lowest BCUT2D eigenvalue weighted by molar-refractivity contribution is -0.385. The highest BCUT2D eigenvalue weighted by Crippen LogP contribution is 2.27. The summed E-state index contributed by atoms with van der Waals surface area (Å²) < 4.78 is 13.8. The van der Waals surface area contributed by atoms with E-state index in [0.717, 1.165) is 18.2 Å². The van der Waals surface area contributed by atoms with E-state index in [2.05, 4.69) is 5.32 Å². The second-order valence-electron chi connectivity index (χ2n) is 4.12. The van der Waals surface area contributed by atoms with Crippen molar-refractivity contribution < 1.29 is 19.2 Å². The van der Waals surface area contributed by atoms with Crippen molar-refractivity contribution in [2.45, 2.75) is 19.4 Å². The number of anilines is 1. The molecule has 6 nitrogen and oxygen atoms in total. The molecule has 0 saturated carbocycles. The highest BCUT2D eigenvalue weighted by atomic mass is 32.2. The first-order chi connectivity index (χ1) is 9.40. The fourth-order valence-electron chi connectivity index (χ4n) is 1.68. The molecule has 2 N–H and O–H groups in total. The Morgan fingerprint density at radius 2 is 2.25 bits per heavy atom. The van der Waals surface area contributed by atoms with E-state index in [4.69, 9.17) is 5.11 Å². The van der Waals surface area contributed by atoms with Gasteiger partial charge in [0.25, 0.3) is 5.69 Å². The van der Waals surface area contributed by atoms with Gasteiger partial charge in [-0.2, -0.15) is 11.8 Å². The zero-order valence-electron chi connectivity index (χ0n) is 11.1. The number of halogens is 1. The molecule has 1 rings (SSSR count). The fraction of sp³-hybridized carbons (Fsp3) is 0.417. The van der Waals surface area contributed by atoms with Crippen LogP contribution in [0.25, 0.3) is 0 Å². The molecule has 0 aliphatic carbocycles. The van der Waals surface area contributed by atoms with E-state index in [0.29, 0.717) is 6.07 Å². The largest absolute Gasteiger partial charge is 0.477 e. The van der Waals surface area contributed by atoms with Crippen molar-refractivity contribution in [3.05, 3.63) is 33.6 Å². The zero-order valence-corrected chi connectivity index (χ0v) is 11.9. The molecular formula is C12H15FN2O4S. The number of carboxylic acid groups (broad SMARTS) is 1. The number of carboxylic acids is 1. The Bertz CT molecular complexity index is 524. The van der Waals surface area contributed by atoms with E-state index in [1.165, 1.54) is 0 Å². The van der Waals surface area contributed by atoms with Gasteiger partial charge in [0.1, 0.15) is 5.56 Å². The van der Waals surface area contributed by atoms with Crippen LogP contribution in [0.4, 0.5) is 15.8 Å². The molecule has 1 aromatic carbocycles. The number of aromatic carboxylic acids is 1. The van der Waals surface area contributed by atoms with Crippen molar-refractivity contribution in [1.82, 2.24) is 0 Å². The number of hydrogen-bond donors (Lipinski definition) is 2. The van der Waals surface area contributed by atoms with Crippen LogP contribution in [0.3, 0.4) is 0 Å². The van der Waals surface area contributed by atoms with Crippen LogP contribution < -0.4 is 5.32 Å². The number of nitro groups is 1. The van der Waals surface area contributed by atoms with Gasteiger partial charge in [-0.05, 0) is 18.7 Å². The van der Waals surface area contributed by atoms with Gasteiger partial charge in [-0.1, -0.05) is 6.92 Å². The molecule has 20 heavy (non-hydrogen) atoms. The van der Waals surface area contributed by atoms with E-state index < -0.39 is 28.0 Å². The van der Waals surface area contributed by atoms with Crippen LogP contribution >= 0.6 is 11.8 Å². The van der Waals surface area contributed by atoms with Crippen molar-refractivity contribution >= 4 is 29.1 Å². The zero-order chi connectivity index (χ0) is 15.3. The Labute approximate surface area is 119 Å². The molecule has 0 aromatic heterocycles. The Balaban J connectivity index is 3.18. The van der Waals surface area contributed by atoms with E-state index in [1.807, 2.05) is 13.2 Å². The van der Waals surface area contributed by atoms with Crippen LogP contribution in [0.15, 0.2) is 12.1 Å². The predicted molar refractivity (Wildman–Crippen MR) is 76.1 cm³/mol. The van der Waals surface area contributed by atoms with E-state index >= 15 is 0 Å². The number of nitrogens with zero attached hydrogens (tertiary/aromatic N) is 1. The highest BCUT2D eigenvalue weighted by molar-refractivity contribution is 7.98. The number of benzene rings is 1. The molecule has 8 heteroatoms. The number of carbonyl (C=O) groups is 1.